The summed E-state index contributed by atoms with van der Waals surface area (Å²) < 4.78 is 12.8. The molecule has 1 amide bonds. The lowest BCUT2D eigenvalue weighted by Crippen LogP contribution is -2.42. The van der Waals surface area contributed by atoms with Crippen molar-refractivity contribution in [3.63, 3.8) is 0 Å². The molecule has 1 N–H and O–H groups in total. The zero-order valence-electron chi connectivity index (χ0n) is 18.1. The lowest BCUT2D eigenvalue weighted by Gasteiger charge is -2.25. The van der Waals surface area contributed by atoms with Gasteiger partial charge in [0.05, 0.1) is 0 Å². The highest BCUT2D eigenvalue weighted by molar-refractivity contribution is 9.10. The van der Waals surface area contributed by atoms with Crippen LogP contribution in [0, 0.1) is 0 Å². The highest BCUT2D eigenvalue weighted by Crippen LogP contribution is 2.29. The molecule has 164 valence electrons. The van der Waals surface area contributed by atoms with Crippen molar-refractivity contribution in [1.29, 1.82) is 0 Å². The second kappa shape index (κ2) is 8.37. The molecule has 0 fully saturated rings. The molecule has 5 nitrogen and oxygen atoms in total. The van der Waals surface area contributed by atoms with Crippen LogP contribution in [-0.2, 0) is 4.79 Å². The first-order chi connectivity index (χ1) is 15.9. The van der Waals surface area contributed by atoms with Crippen molar-refractivity contribution in [2.45, 2.75) is 19.4 Å². The number of hydrogen-bond donors (Lipinski definition) is 1. The molecule has 33 heavy (non-hydrogen) atoms. The van der Waals surface area contributed by atoms with Crippen molar-refractivity contribution in [2.24, 2.45) is 0 Å². The zero-order chi connectivity index (χ0) is 23.0. The summed E-state index contributed by atoms with van der Waals surface area (Å²) in [6.07, 6.45) is 0. The number of rotatable bonds is 5. The van der Waals surface area contributed by atoms with Gasteiger partial charge in [-0.15, -0.1) is 0 Å². The maximum Gasteiger partial charge on any atom is 0.267 e. The van der Waals surface area contributed by atoms with Gasteiger partial charge < -0.3 is 14.5 Å². The molecule has 1 heterocycles. The summed E-state index contributed by atoms with van der Waals surface area (Å²) in [5.74, 6) is 0.895. The average Bonchev–Trinajstić information content (AvgIpc) is 3.23. The van der Waals surface area contributed by atoms with E-state index in [1.54, 1.807) is 26.0 Å². The predicted molar refractivity (Wildman–Crippen MR) is 134 cm³/mol. The Morgan fingerprint density at radius 3 is 2.48 bits per heavy atom. The Bertz CT molecular complexity index is 1470. The van der Waals surface area contributed by atoms with E-state index in [1.165, 1.54) is 0 Å². The molecule has 0 radical (unpaired) electrons. The number of ether oxygens (including phenoxy) is 1. The molecule has 4 aromatic carbocycles. The van der Waals surface area contributed by atoms with Crippen LogP contribution in [0.1, 0.15) is 13.8 Å². The fraction of sp³-hybridized carbons (Fsp3) is 0.111. The van der Waals surface area contributed by atoms with Gasteiger partial charge in [-0.2, -0.15) is 0 Å². The highest BCUT2D eigenvalue weighted by atomic mass is 79.9. The third-order valence-corrected chi connectivity index (χ3v) is 5.90. The number of carbonyl (C=O) groups excluding carboxylic acids is 1. The van der Waals surface area contributed by atoms with E-state index in [1.807, 2.05) is 48.5 Å². The summed E-state index contributed by atoms with van der Waals surface area (Å²) in [6.45, 7) is 3.47. The molecule has 0 aliphatic carbocycles. The predicted octanol–water partition coefficient (Wildman–Crippen LogP) is 7.21. The van der Waals surface area contributed by atoms with E-state index < -0.39 is 5.60 Å². The van der Waals surface area contributed by atoms with E-state index in [0.717, 1.165) is 20.8 Å². The van der Waals surface area contributed by atoms with E-state index in [4.69, 9.17) is 9.15 Å². The number of anilines is 1. The van der Waals surface area contributed by atoms with Crippen LogP contribution in [0.2, 0.25) is 0 Å². The molecule has 0 spiro atoms. The maximum atomic E-state index is 12.9. The second-order valence-electron chi connectivity index (χ2n) is 8.28. The molecular weight excluding hydrogens is 480 g/mol. The number of carbonyl (C=O) groups is 1. The smallest absolute Gasteiger partial charge is 0.267 e. The molecule has 0 saturated heterocycles. The molecule has 5 aromatic rings. The Labute approximate surface area is 199 Å². The van der Waals surface area contributed by atoms with Gasteiger partial charge in [0.1, 0.15) is 11.3 Å². The summed E-state index contributed by atoms with van der Waals surface area (Å²) in [7, 11) is 0. The lowest BCUT2D eigenvalue weighted by molar-refractivity contribution is -0.128. The molecule has 0 saturated carbocycles. The summed E-state index contributed by atoms with van der Waals surface area (Å²) in [6, 6.07) is 27.1. The van der Waals surface area contributed by atoms with Crippen LogP contribution in [0.3, 0.4) is 0 Å². The molecule has 6 heteroatoms. The van der Waals surface area contributed by atoms with E-state index in [9.17, 15) is 4.79 Å². The number of amides is 1. The Morgan fingerprint density at radius 2 is 1.70 bits per heavy atom. The molecule has 0 atom stereocenters. The quantitative estimate of drug-likeness (QED) is 0.277. The topological polar surface area (TPSA) is 64.4 Å². The Balaban J connectivity index is 1.36. The normalized spacial score (nSPS) is 11.6. The van der Waals surface area contributed by atoms with Crippen molar-refractivity contribution >= 4 is 49.4 Å². The first kappa shape index (κ1) is 21.2. The van der Waals surface area contributed by atoms with Crippen molar-refractivity contribution in [3.8, 4) is 17.2 Å². The van der Waals surface area contributed by atoms with E-state index in [2.05, 4.69) is 50.5 Å². The van der Waals surface area contributed by atoms with Crippen LogP contribution < -0.4 is 10.1 Å². The van der Waals surface area contributed by atoms with E-state index >= 15 is 0 Å². The van der Waals surface area contributed by atoms with Gasteiger partial charge in [-0.05, 0) is 79.2 Å². The van der Waals surface area contributed by atoms with Crippen LogP contribution in [0.15, 0.2) is 93.8 Å². The third kappa shape index (κ3) is 4.47. The summed E-state index contributed by atoms with van der Waals surface area (Å²) in [5.41, 5.74) is 1.78. The summed E-state index contributed by atoms with van der Waals surface area (Å²) in [5, 5.41) is 5.21. The number of nitrogens with zero attached hydrogens (tertiary/aromatic N) is 1. The van der Waals surface area contributed by atoms with Crippen LogP contribution in [0.5, 0.6) is 5.75 Å². The number of fused-ring (bicyclic) bond motifs is 2. The maximum absolute atomic E-state index is 12.9. The Hall–Kier alpha value is -3.64. The minimum Gasteiger partial charge on any atom is -0.478 e. The molecule has 0 bridgehead atoms. The first-order valence-corrected chi connectivity index (χ1v) is 11.3. The molecular formula is C27H21BrN2O3. The van der Waals surface area contributed by atoms with Gasteiger partial charge in [-0.1, -0.05) is 46.3 Å². The minimum atomic E-state index is -1.07. The second-order valence-corrected chi connectivity index (χ2v) is 9.20. The lowest BCUT2D eigenvalue weighted by atomic mass is 10.1. The number of halogens is 1. The summed E-state index contributed by atoms with van der Waals surface area (Å²) in [4.78, 5) is 17.5. The number of oxazole rings is 1. The van der Waals surface area contributed by atoms with Crippen LogP contribution in [0.25, 0.3) is 33.3 Å². The van der Waals surface area contributed by atoms with Crippen LogP contribution in [0.4, 0.5) is 5.69 Å². The van der Waals surface area contributed by atoms with Gasteiger partial charge in [-0.25, -0.2) is 4.98 Å². The fourth-order valence-corrected chi connectivity index (χ4v) is 3.84. The Morgan fingerprint density at radius 1 is 0.939 bits per heavy atom. The number of nitrogens with one attached hydrogen (secondary N) is 1. The average molecular weight is 501 g/mol. The molecule has 1 aromatic heterocycles. The highest BCUT2D eigenvalue weighted by Gasteiger charge is 2.30. The van der Waals surface area contributed by atoms with Gasteiger partial charge in [0.2, 0.25) is 5.89 Å². The number of aromatic nitrogens is 1. The van der Waals surface area contributed by atoms with Crippen molar-refractivity contribution in [1.82, 2.24) is 4.98 Å². The molecule has 5 rings (SSSR count). The van der Waals surface area contributed by atoms with Crippen molar-refractivity contribution in [2.75, 3.05) is 5.32 Å². The molecule has 0 unspecified atom stereocenters. The SMILES string of the molecule is CC(C)(Oc1ccc(Br)cc1)C(=O)Nc1ccc2oc(-c3ccc4ccccc4c3)nc2c1. The monoisotopic (exact) mass is 500 g/mol. The van der Waals surface area contributed by atoms with Gasteiger partial charge in [-0.3, -0.25) is 4.79 Å². The number of benzene rings is 4. The van der Waals surface area contributed by atoms with Gasteiger partial charge in [0.15, 0.2) is 11.2 Å². The Kier molecular flexibility index (Phi) is 5.38. The molecule has 0 aliphatic heterocycles. The van der Waals surface area contributed by atoms with Crippen LogP contribution >= 0.6 is 15.9 Å². The zero-order valence-corrected chi connectivity index (χ0v) is 19.7. The number of hydrogen-bond acceptors (Lipinski definition) is 4. The van der Waals surface area contributed by atoms with E-state index in [-0.39, 0.29) is 5.91 Å². The van der Waals surface area contributed by atoms with Crippen LogP contribution in [-0.4, -0.2) is 16.5 Å². The van der Waals surface area contributed by atoms with Gasteiger partial charge in [0.25, 0.3) is 5.91 Å². The minimum absolute atomic E-state index is 0.261. The first-order valence-electron chi connectivity index (χ1n) is 10.5. The van der Waals surface area contributed by atoms with Gasteiger partial charge in [0, 0.05) is 15.7 Å². The standard InChI is InChI=1S/C27H21BrN2O3/c1-27(2,33-22-12-9-20(28)10-13-22)26(31)29-21-11-14-24-23(16-21)30-25(32-24)19-8-7-17-5-3-4-6-18(17)15-19/h3-16H,1-2H3,(H,29,31). The van der Waals surface area contributed by atoms with Gasteiger partial charge >= 0.3 is 0 Å². The molecule has 0 aliphatic rings. The van der Waals surface area contributed by atoms with E-state index in [0.29, 0.717) is 28.4 Å². The largest absolute Gasteiger partial charge is 0.478 e. The third-order valence-electron chi connectivity index (χ3n) is 5.38. The summed E-state index contributed by atoms with van der Waals surface area (Å²) >= 11 is 3.40. The van der Waals surface area contributed by atoms with Crippen molar-refractivity contribution < 1.29 is 13.9 Å². The van der Waals surface area contributed by atoms with Crippen molar-refractivity contribution in [3.05, 3.63) is 89.4 Å². The fourth-order valence-electron chi connectivity index (χ4n) is 3.58.